The van der Waals surface area contributed by atoms with Crippen LogP contribution in [0.15, 0.2) is 0 Å². The third kappa shape index (κ3) is 5.20. The lowest BCUT2D eigenvalue weighted by molar-refractivity contribution is 0.0449. The van der Waals surface area contributed by atoms with Crippen molar-refractivity contribution in [1.82, 2.24) is 10.6 Å². The molecule has 21 heavy (non-hydrogen) atoms. The van der Waals surface area contributed by atoms with Crippen LogP contribution in [0.1, 0.15) is 65.2 Å². The normalized spacial score (nSPS) is 32.0. The molecule has 0 bridgehead atoms. The standard InChI is InChI=1S/C10H19NO.C7H15NO/c12-10(8-4-1-2-5-8)9-6-3-7-11-9;1-7(2,9)6-4-3-5-8-6/h8-12H,1-7H2;6,8-9H,3-5H2,1-2H3. The summed E-state index contributed by atoms with van der Waals surface area (Å²) in [6, 6.07) is 0.727. The molecule has 0 spiro atoms. The molecule has 3 rings (SSSR count). The Balaban J connectivity index is 0.000000161. The van der Waals surface area contributed by atoms with E-state index in [1.54, 1.807) is 0 Å². The van der Waals surface area contributed by atoms with Crippen molar-refractivity contribution in [2.75, 3.05) is 13.1 Å². The van der Waals surface area contributed by atoms with Gasteiger partial charge in [-0.1, -0.05) is 12.8 Å². The Kier molecular flexibility index (Phi) is 6.48. The summed E-state index contributed by atoms with van der Waals surface area (Å²) in [7, 11) is 0. The van der Waals surface area contributed by atoms with Crippen LogP contribution in [0.25, 0.3) is 0 Å². The van der Waals surface area contributed by atoms with E-state index in [9.17, 15) is 10.2 Å². The first-order chi connectivity index (χ1) is 9.98. The van der Waals surface area contributed by atoms with Crippen molar-refractivity contribution >= 4 is 0 Å². The van der Waals surface area contributed by atoms with E-state index in [1.165, 1.54) is 44.9 Å². The molecule has 1 saturated carbocycles. The van der Waals surface area contributed by atoms with Crippen LogP contribution in [-0.2, 0) is 0 Å². The zero-order chi connectivity index (χ0) is 15.3. The first kappa shape index (κ1) is 17.2. The monoisotopic (exact) mass is 298 g/mol. The molecule has 4 heteroatoms. The molecule has 0 radical (unpaired) electrons. The van der Waals surface area contributed by atoms with E-state index >= 15 is 0 Å². The molecule has 2 saturated heterocycles. The average molecular weight is 298 g/mol. The van der Waals surface area contributed by atoms with Gasteiger partial charge in [-0.2, -0.15) is 0 Å². The van der Waals surface area contributed by atoms with Gasteiger partial charge in [-0.25, -0.2) is 0 Å². The fourth-order valence-electron chi connectivity index (χ4n) is 3.92. The molecule has 2 aliphatic heterocycles. The van der Waals surface area contributed by atoms with Gasteiger partial charge in [0.25, 0.3) is 0 Å². The third-order valence-corrected chi connectivity index (χ3v) is 5.31. The SMILES string of the molecule is CC(C)(O)C1CCCN1.OC(C1CCCC1)C1CCCN1. The van der Waals surface area contributed by atoms with Crippen molar-refractivity contribution in [2.45, 2.75) is 89.0 Å². The fraction of sp³-hybridized carbons (Fsp3) is 1.00. The number of aliphatic hydroxyl groups excluding tert-OH is 1. The van der Waals surface area contributed by atoms with Crippen LogP contribution in [-0.4, -0.2) is 47.1 Å². The second-order valence-electron chi connectivity index (χ2n) is 7.54. The Bertz CT molecular complexity index is 270. The first-order valence-corrected chi connectivity index (χ1v) is 8.85. The van der Waals surface area contributed by atoms with E-state index in [4.69, 9.17) is 0 Å². The number of hydrogen-bond acceptors (Lipinski definition) is 4. The lowest BCUT2D eigenvalue weighted by Gasteiger charge is -2.25. The number of hydrogen-bond donors (Lipinski definition) is 4. The summed E-state index contributed by atoms with van der Waals surface area (Å²) in [6.45, 7) is 5.88. The molecule has 3 unspecified atom stereocenters. The minimum atomic E-state index is -0.531. The van der Waals surface area contributed by atoms with Crippen molar-refractivity contribution < 1.29 is 10.2 Å². The van der Waals surface area contributed by atoms with Crippen molar-refractivity contribution in [3.05, 3.63) is 0 Å². The van der Waals surface area contributed by atoms with E-state index in [1.807, 2.05) is 13.8 Å². The first-order valence-electron chi connectivity index (χ1n) is 8.85. The summed E-state index contributed by atoms with van der Waals surface area (Å²) in [5.74, 6) is 0.598. The van der Waals surface area contributed by atoms with Crippen LogP contribution in [0.3, 0.4) is 0 Å². The molecule has 124 valence electrons. The molecule has 1 aliphatic carbocycles. The summed E-state index contributed by atoms with van der Waals surface area (Å²) in [6.07, 6.45) is 9.83. The van der Waals surface area contributed by atoms with E-state index in [0.717, 1.165) is 19.5 Å². The van der Waals surface area contributed by atoms with Crippen molar-refractivity contribution in [3.63, 3.8) is 0 Å². The van der Waals surface area contributed by atoms with Gasteiger partial charge in [0, 0.05) is 12.1 Å². The summed E-state index contributed by atoms with van der Waals surface area (Å²) < 4.78 is 0. The summed E-state index contributed by atoms with van der Waals surface area (Å²) in [5, 5.41) is 26.1. The van der Waals surface area contributed by atoms with Gasteiger partial charge >= 0.3 is 0 Å². The fourth-order valence-corrected chi connectivity index (χ4v) is 3.92. The predicted molar refractivity (Wildman–Crippen MR) is 86.3 cm³/mol. The maximum absolute atomic E-state index is 9.99. The minimum absolute atomic E-state index is 0.0602. The van der Waals surface area contributed by atoms with Gasteiger partial charge in [0.1, 0.15) is 0 Å². The van der Waals surface area contributed by atoms with Crippen LogP contribution in [0.4, 0.5) is 0 Å². The van der Waals surface area contributed by atoms with Gasteiger partial charge in [0.05, 0.1) is 11.7 Å². The Hall–Kier alpha value is -0.160. The van der Waals surface area contributed by atoms with Gasteiger partial charge in [-0.15, -0.1) is 0 Å². The molecule has 0 aromatic rings. The molecule has 3 fully saturated rings. The van der Waals surface area contributed by atoms with Gasteiger partial charge in [0.15, 0.2) is 0 Å². The highest BCUT2D eigenvalue weighted by Crippen LogP contribution is 2.30. The molecule has 0 amide bonds. The highest BCUT2D eigenvalue weighted by molar-refractivity contribution is 4.88. The Morgan fingerprint density at radius 1 is 0.905 bits per heavy atom. The predicted octanol–water partition coefficient (Wildman–Crippen LogP) is 1.80. The summed E-state index contributed by atoms with van der Waals surface area (Å²) >= 11 is 0. The van der Waals surface area contributed by atoms with E-state index in [-0.39, 0.29) is 6.10 Å². The Morgan fingerprint density at radius 2 is 1.52 bits per heavy atom. The van der Waals surface area contributed by atoms with E-state index in [2.05, 4.69) is 10.6 Å². The highest BCUT2D eigenvalue weighted by atomic mass is 16.3. The second-order valence-corrected chi connectivity index (χ2v) is 7.54. The zero-order valence-electron chi connectivity index (χ0n) is 13.8. The topological polar surface area (TPSA) is 64.5 Å². The van der Waals surface area contributed by atoms with E-state index in [0.29, 0.717) is 18.0 Å². The molecule has 4 nitrogen and oxygen atoms in total. The smallest absolute Gasteiger partial charge is 0.0744 e. The van der Waals surface area contributed by atoms with Gasteiger partial charge in [0.2, 0.25) is 0 Å². The molecule has 3 atom stereocenters. The Morgan fingerprint density at radius 3 is 1.95 bits per heavy atom. The van der Waals surface area contributed by atoms with Crippen molar-refractivity contribution in [2.24, 2.45) is 5.92 Å². The van der Waals surface area contributed by atoms with Crippen LogP contribution in [0.2, 0.25) is 0 Å². The maximum atomic E-state index is 9.99. The molecule has 2 heterocycles. The molecular weight excluding hydrogens is 264 g/mol. The molecule has 3 aliphatic rings. The number of rotatable bonds is 3. The Labute approximate surface area is 129 Å². The molecule has 4 N–H and O–H groups in total. The lowest BCUT2D eigenvalue weighted by Crippen LogP contribution is -2.42. The highest BCUT2D eigenvalue weighted by Gasteiger charge is 2.31. The van der Waals surface area contributed by atoms with Crippen LogP contribution in [0, 0.1) is 5.92 Å². The van der Waals surface area contributed by atoms with Crippen LogP contribution >= 0.6 is 0 Å². The van der Waals surface area contributed by atoms with Crippen LogP contribution < -0.4 is 10.6 Å². The van der Waals surface area contributed by atoms with Gasteiger partial charge in [-0.3, -0.25) is 0 Å². The minimum Gasteiger partial charge on any atom is -0.391 e. The van der Waals surface area contributed by atoms with Gasteiger partial charge < -0.3 is 20.8 Å². The number of nitrogens with one attached hydrogen (secondary N) is 2. The van der Waals surface area contributed by atoms with Crippen LogP contribution in [0.5, 0.6) is 0 Å². The largest absolute Gasteiger partial charge is 0.391 e. The molecule has 0 aromatic heterocycles. The molecular formula is C17H34N2O2. The number of aliphatic hydroxyl groups is 2. The van der Waals surface area contributed by atoms with E-state index < -0.39 is 5.60 Å². The quantitative estimate of drug-likeness (QED) is 0.641. The third-order valence-electron chi connectivity index (χ3n) is 5.31. The summed E-state index contributed by atoms with van der Waals surface area (Å²) in [4.78, 5) is 0. The van der Waals surface area contributed by atoms with Crippen molar-refractivity contribution in [3.8, 4) is 0 Å². The molecule has 0 aromatic carbocycles. The zero-order valence-corrected chi connectivity index (χ0v) is 13.8. The lowest BCUT2D eigenvalue weighted by atomic mass is 9.94. The van der Waals surface area contributed by atoms with Crippen molar-refractivity contribution in [1.29, 1.82) is 0 Å². The average Bonchev–Trinajstić information content (AvgIpc) is 3.18. The van der Waals surface area contributed by atoms with Gasteiger partial charge in [-0.05, 0) is 71.4 Å². The maximum Gasteiger partial charge on any atom is 0.0744 e. The summed E-state index contributed by atoms with van der Waals surface area (Å²) in [5.41, 5.74) is -0.531. The second kappa shape index (κ2) is 7.91.